The van der Waals surface area contributed by atoms with E-state index < -0.39 is 0 Å². The largest absolute Gasteiger partial charge is 0.396 e. The molecule has 0 aliphatic carbocycles. The third kappa shape index (κ3) is 2.64. The molecule has 15 heavy (non-hydrogen) atoms. The van der Waals surface area contributed by atoms with E-state index >= 15 is 0 Å². The van der Waals surface area contributed by atoms with Crippen LogP contribution in [0, 0.1) is 0 Å². The summed E-state index contributed by atoms with van der Waals surface area (Å²) in [6, 6.07) is 10.0. The molecule has 0 aliphatic rings. The van der Waals surface area contributed by atoms with Crippen molar-refractivity contribution in [2.75, 3.05) is 5.73 Å². The molecular weight excluding hydrogens is 186 g/mol. The highest BCUT2D eigenvalue weighted by atomic mass is 14.9. The molecule has 0 bridgehead atoms. The lowest BCUT2D eigenvalue weighted by Crippen LogP contribution is -1.90. The van der Waals surface area contributed by atoms with Crippen molar-refractivity contribution in [3.8, 4) is 0 Å². The molecule has 2 rings (SSSR count). The lowest BCUT2D eigenvalue weighted by molar-refractivity contribution is 1.14. The molecule has 1 heterocycles. The summed E-state index contributed by atoms with van der Waals surface area (Å²) < 4.78 is 0. The summed E-state index contributed by atoms with van der Waals surface area (Å²) in [6.45, 7) is 0. The van der Waals surface area contributed by atoms with Gasteiger partial charge < -0.3 is 5.73 Å². The molecule has 74 valence electrons. The summed E-state index contributed by atoms with van der Waals surface area (Å²) in [5, 5.41) is 0. The fraction of sp³-hybridized carbons (Fsp3) is 0. The van der Waals surface area contributed by atoms with Crippen molar-refractivity contribution < 1.29 is 0 Å². The summed E-state index contributed by atoms with van der Waals surface area (Å²) >= 11 is 0. The van der Waals surface area contributed by atoms with Crippen LogP contribution in [-0.4, -0.2) is 9.97 Å². The van der Waals surface area contributed by atoms with Gasteiger partial charge in [-0.2, -0.15) is 0 Å². The van der Waals surface area contributed by atoms with Crippen LogP contribution in [0.2, 0.25) is 0 Å². The molecule has 0 saturated heterocycles. The van der Waals surface area contributed by atoms with Crippen LogP contribution in [0.1, 0.15) is 11.4 Å². The molecule has 0 fully saturated rings. The van der Waals surface area contributed by atoms with Crippen LogP contribution in [0.25, 0.3) is 12.2 Å². The van der Waals surface area contributed by atoms with E-state index in [0.29, 0.717) is 11.5 Å². The Kier molecular flexibility index (Phi) is 2.74. The molecule has 0 saturated carbocycles. The number of aromatic nitrogens is 2. The summed E-state index contributed by atoms with van der Waals surface area (Å²) in [5.41, 5.74) is 7.18. The molecule has 0 spiro atoms. The molecule has 3 heteroatoms. The number of benzene rings is 1. The molecular formula is C12H11N3. The zero-order valence-corrected chi connectivity index (χ0v) is 8.17. The second-order valence-electron chi connectivity index (χ2n) is 3.12. The van der Waals surface area contributed by atoms with Gasteiger partial charge in [0.1, 0.15) is 0 Å². The number of nitrogen functional groups attached to an aromatic ring is 1. The highest BCUT2D eigenvalue weighted by Crippen LogP contribution is 2.04. The normalized spacial score (nSPS) is 10.7. The summed E-state index contributed by atoms with van der Waals surface area (Å²) in [7, 11) is 0. The summed E-state index contributed by atoms with van der Waals surface area (Å²) in [5.74, 6) is 0.660. The topological polar surface area (TPSA) is 51.8 Å². The molecule has 0 radical (unpaired) electrons. The van der Waals surface area contributed by atoms with Gasteiger partial charge in [-0.3, -0.25) is 0 Å². The third-order valence-corrected chi connectivity index (χ3v) is 1.92. The lowest BCUT2D eigenvalue weighted by Gasteiger charge is -1.93. The predicted molar refractivity (Wildman–Crippen MR) is 61.8 cm³/mol. The van der Waals surface area contributed by atoms with Gasteiger partial charge in [-0.1, -0.05) is 36.4 Å². The fourth-order valence-corrected chi connectivity index (χ4v) is 1.17. The first-order chi connectivity index (χ1) is 7.34. The monoisotopic (exact) mass is 197 g/mol. The number of nitrogens with zero attached hydrogens (tertiary/aromatic N) is 2. The predicted octanol–water partition coefficient (Wildman–Crippen LogP) is 2.23. The standard InChI is InChI=1S/C12H11N3/c13-11-8-14-12(15-9-11)7-6-10-4-2-1-3-5-10/h1-9H,13H2/b7-6+. The van der Waals surface area contributed by atoms with E-state index in [9.17, 15) is 0 Å². The van der Waals surface area contributed by atoms with Crippen LogP contribution < -0.4 is 5.73 Å². The van der Waals surface area contributed by atoms with E-state index in [1.54, 1.807) is 12.4 Å². The van der Waals surface area contributed by atoms with Gasteiger partial charge in [0.2, 0.25) is 0 Å². The van der Waals surface area contributed by atoms with E-state index in [1.807, 2.05) is 42.5 Å². The van der Waals surface area contributed by atoms with Crippen LogP contribution in [0.4, 0.5) is 5.69 Å². The number of nitrogens with two attached hydrogens (primary N) is 1. The smallest absolute Gasteiger partial charge is 0.151 e. The number of anilines is 1. The van der Waals surface area contributed by atoms with Crippen molar-refractivity contribution in [2.45, 2.75) is 0 Å². The van der Waals surface area contributed by atoms with Crippen LogP contribution in [0.15, 0.2) is 42.7 Å². The first-order valence-corrected chi connectivity index (χ1v) is 4.65. The van der Waals surface area contributed by atoms with Crippen molar-refractivity contribution in [1.82, 2.24) is 9.97 Å². The van der Waals surface area contributed by atoms with Crippen molar-refractivity contribution in [2.24, 2.45) is 0 Å². The lowest BCUT2D eigenvalue weighted by atomic mass is 10.2. The molecule has 0 aliphatic heterocycles. The Morgan fingerprint density at radius 1 is 0.933 bits per heavy atom. The first kappa shape index (κ1) is 9.40. The van der Waals surface area contributed by atoms with E-state index in [1.165, 1.54) is 0 Å². The average molecular weight is 197 g/mol. The Bertz CT molecular complexity index is 446. The van der Waals surface area contributed by atoms with Crippen molar-refractivity contribution >= 4 is 17.8 Å². The van der Waals surface area contributed by atoms with Crippen molar-refractivity contribution in [1.29, 1.82) is 0 Å². The van der Waals surface area contributed by atoms with Gasteiger partial charge in [-0.25, -0.2) is 9.97 Å². The zero-order chi connectivity index (χ0) is 10.5. The SMILES string of the molecule is Nc1cnc(/C=C/c2ccccc2)nc1. The maximum absolute atomic E-state index is 5.48. The highest BCUT2D eigenvalue weighted by Gasteiger charge is 1.89. The molecule has 2 N–H and O–H groups in total. The Labute approximate surface area is 88.3 Å². The highest BCUT2D eigenvalue weighted by molar-refractivity contribution is 5.66. The molecule has 1 aromatic heterocycles. The molecule has 0 unspecified atom stereocenters. The molecule has 3 nitrogen and oxygen atoms in total. The Morgan fingerprint density at radius 2 is 1.60 bits per heavy atom. The second kappa shape index (κ2) is 4.37. The molecule has 1 aromatic carbocycles. The molecule has 0 amide bonds. The number of hydrogen-bond donors (Lipinski definition) is 1. The minimum absolute atomic E-state index is 0.576. The Hall–Kier alpha value is -2.16. The van der Waals surface area contributed by atoms with Crippen molar-refractivity contribution in [3.63, 3.8) is 0 Å². The number of rotatable bonds is 2. The zero-order valence-electron chi connectivity index (χ0n) is 8.17. The minimum Gasteiger partial charge on any atom is -0.396 e. The van der Waals surface area contributed by atoms with Crippen LogP contribution in [0.5, 0.6) is 0 Å². The summed E-state index contributed by atoms with van der Waals surface area (Å²) in [6.07, 6.45) is 7.01. The van der Waals surface area contributed by atoms with Crippen LogP contribution in [-0.2, 0) is 0 Å². The van der Waals surface area contributed by atoms with Crippen molar-refractivity contribution in [3.05, 3.63) is 54.1 Å². The van der Waals surface area contributed by atoms with Gasteiger partial charge in [0, 0.05) is 0 Å². The minimum atomic E-state index is 0.576. The molecule has 2 aromatic rings. The quantitative estimate of drug-likeness (QED) is 0.803. The summed E-state index contributed by atoms with van der Waals surface area (Å²) in [4.78, 5) is 8.14. The van der Waals surface area contributed by atoms with E-state index in [0.717, 1.165) is 5.56 Å². The number of hydrogen-bond acceptors (Lipinski definition) is 3. The van der Waals surface area contributed by atoms with Gasteiger partial charge in [-0.15, -0.1) is 0 Å². The van der Waals surface area contributed by atoms with Gasteiger partial charge in [0.15, 0.2) is 5.82 Å². The maximum Gasteiger partial charge on any atom is 0.151 e. The first-order valence-electron chi connectivity index (χ1n) is 4.65. The maximum atomic E-state index is 5.48. The van der Waals surface area contributed by atoms with E-state index in [-0.39, 0.29) is 0 Å². The van der Waals surface area contributed by atoms with Crippen LogP contribution in [0.3, 0.4) is 0 Å². The second-order valence-corrected chi connectivity index (χ2v) is 3.12. The van der Waals surface area contributed by atoms with Crippen LogP contribution >= 0.6 is 0 Å². The van der Waals surface area contributed by atoms with Gasteiger partial charge in [0.05, 0.1) is 18.1 Å². The average Bonchev–Trinajstić information content (AvgIpc) is 2.30. The Balaban J connectivity index is 2.15. The van der Waals surface area contributed by atoms with E-state index in [2.05, 4.69) is 9.97 Å². The fourth-order valence-electron chi connectivity index (χ4n) is 1.17. The van der Waals surface area contributed by atoms with Gasteiger partial charge in [0.25, 0.3) is 0 Å². The molecule has 0 atom stereocenters. The Morgan fingerprint density at radius 3 is 2.27 bits per heavy atom. The van der Waals surface area contributed by atoms with Gasteiger partial charge >= 0.3 is 0 Å². The third-order valence-electron chi connectivity index (χ3n) is 1.92. The van der Waals surface area contributed by atoms with E-state index in [4.69, 9.17) is 5.73 Å². The van der Waals surface area contributed by atoms with Gasteiger partial charge in [-0.05, 0) is 11.6 Å².